The van der Waals surface area contributed by atoms with Gasteiger partial charge in [0.2, 0.25) is 0 Å². The number of nitrogens with one attached hydrogen (secondary N) is 2. The van der Waals surface area contributed by atoms with Crippen LogP contribution in [0, 0.1) is 4.77 Å². The van der Waals surface area contributed by atoms with E-state index in [4.69, 9.17) is 12.2 Å². The number of benzene rings is 2. The first-order valence-electron chi connectivity index (χ1n) is 7.66. The Morgan fingerprint density at radius 2 is 1.57 bits per heavy atom. The van der Waals surface area contributed by atoms with Gasteiger partial charge in [-0.3, -0.25) is 9.78 Å². The molecule has 2 aromatic carbocycles. The summed E-state index contributed by atoms with van der Waals surface area (Å²) in [5, 5.41) is 0. The first-order chi connectivity index (χ1) is 11.2. The van der Waals surface area contributed by atoms with Crippen LogP contribution in [0.15, 0.2) is 59.4 Å². The molecular formula is C19H18N2OS. The minimum atomic E-state index is -0.0906. The van der Waals surface area contributed by atoms with Gasteiger partial charge >= 0.3 is 0 Å². The molecule has 0 atom stereocenters. The molecule has 23 heavy (non-hydrogen) atoms. The topological polar surface area (TPSA) is 48.6 Å². The van der Waals surface area contributed by atoms with E-state index >= 15 is 0 Å². The van der Waals surface area contributed by atoms with Crippen molar-refractivity contribution in [2.75, 3.05) is 0 Å². The number of aromatic amines is 2. The first kappa shape index (κ1) is 15.4. The third-order valence-corrected chi connectivity index (χ3v) is 4.13. The van der Waals surface area contributed by atoms with Crippen LogP contribution in [0.4, 0.5) is 0 Å². The predicted molar refractivity (Wildman–Crippen MR) is 96.3 cm³/mol. The van der Waals surface area contributed by atoms with Crippen LogP contribution in [0.25, 0.3) is 11.1 Å². The van der Waals surface area contributed by atoms with Crippen molar-refractivity contribution >= 4 is 12.2 Å². The van der Waals surface area contributed by atoms with Gasteiger partial charge in [0, 0.05) is 17.7 Å². The minimum Gasteiger partial charge on any atom is -0.335 e. The summed E-state index contributed by atoms with van der Waals surface area (Å²) in [6.07, 6.45) is 1.35. The summed E-state index contributed by atoms with van der Waals surface area (Å²) in [6.45, 7) is 1.98. The molecule has 0 amide bonds. The molecule has 3 aromatic rings. The lowest BCUT2D eigenvalue weighted by Gasteiger charge is -2.08. The summed E-state index contributed by atoms with van der Waals surface area (Å²) < 4.78 is 0.378. The van der Waals surface area contributed by atoms with E-state index in [0.29, 0.717) is 17.6 Å². The lowest BCUT2D eigenvalue weighted by atomic mass is 10.0. The maximum absolute atomic E-state index is 12.0. The molecule has 116 valence electrons. The van der Waals surface area contributed by atoms with Crippen LogP contribution in [-0.2, 0) is 12.8 Å². The molecule has 4 heteroatoms. The van der Waals surface area contributed by atoms with Crippen LogP contribution in [0.5, 0.6) is 0 Å². The molecule has 0 aliphatic carbocycles. The Balaban J connectivity index is 1.90. The minimum absolute atomic E-state index is 0.0906. The van der Waals surface area contributed by atoms with E-state index in [9.17, 15) is 4.79 Å². The summed E-state index contributed by atoms with van der Waals surface area (Å²) in [7, 11) is 0. The lowest BCUT2D eigenvalue weighted by molar-refractivity contribution is 0.911. The average Bonchev–Trinajstić information content (AvgIpc) is 2.56. The highest BCUT2D eigenvalue weighted by Gasteiger charge is 2.07. The van der Waals surface area contributed by atoms with Crippen LogP contribution in [0.2, 0.25) is 0 Å². The molecule has 0 unspecified atom stereocenters. The van der Waals surface area contributed by atoms with E-state index < -0.39 is 0 Å². The van der Waals surface area contributed by atoms with Gasteiger partial charge in [-0.1, -0.05) is 61.5 Å². The van der Waals surface area contributed by atoms with Gasteiger partial charge < -0.3 is 4.98 Å². The summed E-state index contributed by atoms with van der Waals surface area (Å²) in [4.78, 5) is 17.8. The Hall–Kier alpha value is -2.46. The fourth-order valence-corrected chi connectivity index (χ4v) is 2.95. The lowest BCUT2D eigenvalue weighted by Crippen LogP contribution is -2.17. The molecule has 3 rings (SSSR count). The van der Waals surface area contributed by atoms with Crippen molar-refractivity contribution in [3.05, 3.63) is 86.5 Å². The van der Waals surface area contributed by atoms with Crippen molar-refractivity contribution in [2.24, 2.45) is 0 Å². The number of hydrogen-bond donors (Lipinski definition) is 2. The van der Waals surface area contributed by atoms with Crippen LogP contribution in [0.3, 0.4) is 0 Å². The fraction of sp³-hybridized carbons (Fsp3) is 0.158. The summed E-state index contributed by atoms with van der Waals surface area (Å²) >= 11 is 5.08. The smallest absolute Gasteiger partial charge is 0.255 e. The van der Waals surface area contributed by atoms with E-state index in [2.05, 4.69) is 46.4 Å². The van der Waals surface area contributed by atoms with E-state index in [1.54, 1.807) is 0 Å². The van der Waals surface area contributed by atoms with Gasteiger partial charge in [0.05, 0.1) is 0 Å². The van der Waals surface area contributed by atoms with Crippen LogP contribution in [-0.4, -0.2) is 9.97 Å². The molecule has 1 heterocycles. The molecule has 0 aliphatic heterocycles. The molecule has 0 spiro atoms. The highest BCUT2D eigenvalue weighted by Crippen LogP contribution is 2.20. The van der Waals surface area contributed by atoms with Gasteiger partial charge in [-0.05, 0) is 35.3 Å². The third-order valence-electron chi connectivity index (χ3n) is 3.93. The van der Waals surface area contributed by atoms with Crippen molar-refractivity contribution in [3.63, 3.8) is 0 Å². The van der Waals surface area contributed by atoms with Gasteiger partial charge in [0.1, 0.15) is 0 Å². The van der Waals surface area contributed by atoms with Gasteiger partial charge in [-0.25, -0.2) is 0 Å². The quantitative estimate of drug-likeness (QED) is 0.705. The Morgan fingerprint density at radius 3 is 2.22 bits per heavy atom. The van der Waals surface area contributed by atoms with E-state index in [1.807, 2.05) is 25.1 Å². The zero-order valence-corrected chi connectivity index (χ0v) is 13.7. The molecule has 0 aliphatic rings. The van der Waals surface area contributed by atoms with Crippen molar-refractivity contribution in [1.82, 2.24) is 9.97 Å². The summed E-state index contributed by atoms with van der Waals surface area (Å²) in [6, 6.07) is 18.7. The second-order valence-electron chi connectivity index (χ2n) is 5.46. The number of rotatable bonds is 4. The normalized spacial score (nSPS) is 10.7. The van der Waals surface area contributed by atoms with Gasteiger partial charge in [-0.15, -0.1) is 0 Å². The standard InChI is InChI=1S/C19H18N2OS/c1-2-16-17(20-19(23)21-18(16)22)12-13-8-10-15(11-9-13)14-6-4-3-5-7-14/h3-11H,2,12H2,1H3,(H2,20,21,22,23). The molecule has 0 radical (unpaired) electrons. The van der Waals surface area contributed by atoms with Gasteiger partial charge in [-0.2, -0.15) is 0 Å². The largest absolute Gasteiger partial charge is 0.335 e. The molecule has 2 N–H and O–H groups in total. The Labute approximate surface area is 140 Å². The maximum Gasteiger partial charge on any atom is 0.255 e. The van der Waals surface area contributed by atoms with Crippen LogP contribution < -0.4 is 5.56 Å². The van der Waals surface area contributed by atoms with Crippen LogP contribution >= 0.6 is 12.2 Å². The molecule has 0 saturated heterocycles. The predicted octanol–water partition coefficient (Wildman–Crippen LogP) is 4.25. The Bertz CT molecular complexity index is 909. The second-order valence-corrected chi connectivity index (χ2v) is 5.87. The summed E-state index contributed by atoms with van der Waals surface area (Å²) in [5.41, 5.74) is 5.11. The monoisotopic (exact) mass is 322 g/mol. The molecule has 1 aromatic heterocycles. The van der Waals surface area contributed by atoms with Crippen molar-refractivity contribution in [1.29, 1.82) is 0 Å². The Morgan fingerprint density at radius 1 is 0.913 bits per heavy atom. The zero-order chi connectivity index (χ0) is 16.2. The van der Waals surface area contributed by atoms with Crippen molar-refractivity contribution < 1.29 is 0 Å². The fourth-order valence-electron chi connectivity index (χ4n) is 2.73. The van der Waals surface area contributed by atoms with E-state index in [1.165, 1.54) is 11.1 Å². The molecule has 3 nitrogen and oxygen atoms in total. The second kappa shape index (κ2) is 6.75. The summed E-state index contributed by atoms with van der Waals surface area (Å²) in [5.74, 6) is 0. The van der Waals surface area contributed by atoms with Crippen molar-refractivity contribution in [2.45, 2.75) is 19.8 Å². The van der Waals surface area contributed by atoms with Gasteiger partial charge in [0.15, 0.2) is 4.77 Å². The number of aromatic nitrogens is 2. The van der Waals surface area contributed by atoms with Crippen LogP contribution in [0.1, 0.15) is 23.7 Å². The maximum atomic E-state index is 12.0. The average molecular weight is 322 g/mol. The number of H-pyrrole nitrogens is 2. The van der Waals surface area contributed by atoms with Gasteiger partial charge in [0.25, 0.3) is 5.56 Å². The van der Waals surface area contributed by atoms with Crippen molar-refractivity contribution in [3.8, 4) is 11.1 Å². The first-order valence-corrected chi connectivity index (χ1v) is 8.07. The van der Waals surface area contributed by atoms with E-state index in [-0.39, 0.29) is 5.56 Å². The highest BCUT2D eigenvalue weighted by atomic mass is 32.1. The molecule has 0 bridgehead atoms. The van der Waals surface area contributed by atoms with E-state index in [0.717, 1.165) is 16.8 Å². The zero-order valence-electron chi connectivity index (χ0n) is 12.9. The third kappa shape index (κ3) is 3.48. The molecular weight excluding hydrogens is 304 g/mol. The SMILES string of the molecule is CCc1c(Cc2ccc(-c3ccccc3)cc2)[nH]c(=S)[nH]c1=O. The molecule has 0 saturated carbocycles. The Kier molecular flexibility index (Phi) is 4.53. The molecule has 0 fully saturated rings. The highest BCUT2D eigenvalue weighted by molar-refractivity contribution is 7.71. The number of hydrogen-bond acceptors (Lipinski definition) is 2.